The van der Waals surface area contributed by atoms with Crippen molar-refractivity contribution in [3.05, 3.63) is 41.3 Å². The molecule has 19 heavy (non-hydrogen) atoms. The number of nitrogens with zero attached hydrogens (tertiary/aromatic N) is 2. The van der Waals surface area contributed by atoms with Crippen molar-refractivity contribution >= 4 is 11.7 Å². The van der Waals surface area contributed by atoms with Crippen molar-refractivity contribution in [3.63, 3.8) is 0 Å². The molecule has 0 aliphatic carbocycles. The summed E-state index contributed by atoms with van der Waals surface area (Å²) in [5.41, 5.74) is -0.501. The summed E-state index contributed by atoms with van der Waals surface area (Å²) < 4.78 is 36.5. The fourth-order valence-corrected chi connectivity index (χ4v) is 1.04. The average Bonchev–Trinajstić information content (AvgIpc) is 2.30. The maximum absolute atomic E-state index is 12.2. The molecule has 0 aliphatic rings. The van der Waals surface area contributed by atoms with E-state index in [-0.39, 0.29) is 5.69 Å². The van der Waals surface area contributed by atoms with Crippen LogP contribution in [-0.4, -0.2) is 22.4 Å². The van der Waals surface area contributed by atoms with Crippen molar-refractivity contribution in [1.82, 2.24) is 0 Å². The van der Waals surface area contributed by atoms with Crippen LogP contribution in [0.2, 0.25) is 0 Å². The molecule has 0 aromatic heterocycles. The predicted molar refractivity (Wildman–Crippen MR) is 59.0 cm³/mol. The maximum Gasteiger partial charge on any atom is 0.451 e. The molecule has 0 atom stereocenters. The summed E-state index contributed by atoms with van der Waals surface area (Å²) in [4.78, 5) is 10.6. The van der Waals surface area contributed by atoms with E-state index in [0.717, 1.165) is 5.56 Å². The Labute approximate surface area is 105 Å². The minimum absolute atomic E-state index is 0.166. The number of aliphatic hydroxyl groups is 1. The normalized spacial score (nSPS) is 13.5. The quantitative estimate of drug-likeness (QED) is 0.502. The summed E-state index contributed by atoms with van der Waals surface area (Å²) in [6.45, 7) is 1.79. The lowest BCUT2D eigenvalue weighted by atomic mass is 10.2. The third-order valence-electron chi connectivity index (χ3n) is 1.99. The van der Waals surface area contributed by atoms with Crippen LogP contribution in [0.5, 0.6) is 0 Å². The van der Waals surface area contributed by atoms with Gasteiger partial charge in [-0.1, -0.05) is 17.7 Å². The first-order chi connectivity index (χ1) is 8.71. The van der Waals surface area contributed by atoms with Crippen molar-refractivity contribution in [2.75, 3.05) is 0 Å². The number of allylic oxidation sites excluding steroid dienone is 1. The second kappa shape index (κ2) is 5.51. The fraction of sp³-hybridized carbons (Fsp3) is 0.182. The Morgan fingerprint density at radius 3 is 2.11 bits per heavy atom. The number of carbonyl (C=O) groups is 1. The fourth-order valence-electron chi connectivity index (χ4n) is 1.04. The molecule has 0 amide bonds. The van der Waals surface area contributed by atoms with Gasteiger partial charge in [0.05, 0.1) is 5.69 Å². The Hall–Kier alpha value is -2.38. The lowest BCUT2D eigenvalue weighted by Gasteiger charge is -2.05. The predicted octanol–water partition coefficient (Wildman–Crippen LogP) is 3.50. The van der Waals surface area contributed by atoms with Gasteiger partial charge in [0.1, 0.15) is 0 Å². The smallest absolute Gasteiger partial charge is 0.451 e. The van der Waals surface area contributed by atoms with Crippen LogP contribution < -0.4 is 0 Å². The van der Waals surface area contributed by atoms with Crippen molar-refractivity contribution in [1.29, 1.82) is 0 Å². The monoisotopic (exact) mass is 274 g/mol. The third kappa shape index (κ3) is 4.09. The van der Waals surface area contributed by atoms with Crippen molar-refractivity contribution in [2.45, 2.75) is 13.1 Å². The largest absolute Gasteiger partial charge is 0.502 e. The van der Waals surface area contributed by atoms with E-state index in [1.807, 2.05) is 0 Å². The number of hydrogen-bond donors (Lipinski definition) is 2. The van der Waals surface area contributed by atoms with E-state index in [1.54, 1.807) is 19.1 Å². The molecular formula is C11H9F3N2O3. The van der Waals surface area contributed by atoms with Gasteiger partial charge >= 0.3 is 12.1 Å². The molecule has 102 valence electrons. The summed E-state index contributed by atoms with van der Waals surface area (Å²) in [7, 11) is 0. The van der Waals surface area contributed by atoms with Gasteiger partial charge in [-0.25, -0.2) is 4.79 Å². The van der Waals surface area contributed by atoms with Crippen LogP contribution in [0.3, 0.4) is 0 Å². The lowest BCUT2D eigenvalue weighted by Crippen LogP contribution is -2.16. The molecule has 5 nitrogen and oxygen atoms in total. The Morgan fingerprint density at radius 1 is 1.16 bits per heavy atom. The molecule has 8 heteroatoms. The molecule has 0 saturated carbocycles. The van der Waals surface area contributed by atoms with Gasteiger partial charge in [-0.05, 0) is 19.1 Å². The molecule has 0 unspecified atom stereocenters. The zero-order valence-electron chi connectivity index (χ0n) is 9.64. The second-order valence-electron chi connectivity index (χ2n) is 3.54. The number of aliphatic hydroxyl groups excluding tert-OH is 1. The van der Waals surface area contributed by atoms with E-state index in [4.69, 9.17) is 10.2 Å². The molecule has 0 fully saturated rings. The minimum Gasteiger partial charge on any atom is -0.502 e. The highest BCUT2D eigenvalue weighted by molar-refractivity contribution is 5.86. The van der Waals surface area contributed by atoms with Gasteiger partial charge in [-0.2, -0.15) is 18.3 Å². The molecule has 0 bridgehead atoms. The van der Waals surface area contributed by atoms with Crippen LogP contribution in [0.4, 0.5) is 18.9 Å². The Morgan fingerprint density at radius 2 is 1.68 bits per heavy atom. The van der Waals surface area contributed by atoms with Gasteiger partial charge in [-0.15, -0.1) is 5.11 Å². The van der Waals surface area contributed by atoms with E-state index in [2.05, 4.69) is 10.2 Å². The maximum atomic E-state index is 12.2. The van der Waals surface area contributed by atoms with E-state index in [0.29, 0.717) is 0 Å². The SMILES string of the molecule is Cc1ccc(N=NC(C(=O)O)=C(O)C(F)(F)F)cc1. The summed E-state index contributed by atoms with van der Waals surface area (Å²) in [6.07, 6.45) is -5.19. The summed E-state index contributed by atoms with van der Waals surface area (Å²) in [5.74, 6) is -4.32. The highest BCUT2D eigenvalue weighted by Crippen LogP contribution is 2.27. The van der Waals surface area contributed by atoms with E-state index >= 15 is 0 Å². The third-order valence-corrected chi connectivity index (χ3v) is 1.99. The number of hydrogen-bond acceptors (Lipinski definition) is 4. The molecule has 1 aromatic rings. The van der Waals surface area contributed by atoms with Gasteiger partial charge in [0.2, 0.25) is 11.5 Å². The zero-order chi connectivity index (χ0) is 14.6. The standard InChI is InChI=1S/C11H9F3N2O3/c1-6-2-4-7(5-3-6)15-16-8(10(18)19)9(17)11(12,13)14/h2-5,17H,1H3,(H,18,19). The number of halogens is 3. The number of benzene rings is 1. The van der Waals surface area contributed by atoms with Gasteiger partial charge < -0.3 is 10.2 Å². The van der Waals surface area contributed by atoms with Crippen molar-refractivity contribution < 1.29 is 28.2 Å². The topological polar surface area (TPSA) is 82.2 Å². The molecule has 0 saturated heterocycles. The second-order valence-corrected chi connectivity index (χ2v) is 3.54. The summed E-state index contributed by atoms with van der Waals surface area (Å²) >= 11 is 0. The Balaban J connectivity index is 3.11. The number of rotatable bonds is 3. The Bertz CT molecular complexity index is 533. The highest BCUT2D eigenvalue weighted by Gasteiger charge is 2.39. The van der Waals surface area contributed by atoms with Crippen molar-refractivity contribution in [2.24, 2.45) is 10.2 Å². The van der Waals surface area contributed by atoms with Gasteiger partial charge in [0, 0.05) is 0 Å². The first kappa shape index (κ1) is 14.7. The zero-order valence-corrected chi connectivity index (χ0v) is 9.64. The number of alkyl halides is 3. The molecule has 0 radical (unpaired) electrons. The van der Waals surface area contributed by atoms with Crippen molar-refractivity contribution in [3.8, 4) is 0 Å². The minimum atomic E-state index is -5.19. The van der Waals surface area contributed by atoms with Gasteiger partial charge in [0.15, 0.2) is 0 Å². The molecule has 0 aliphatic heterocycles. The van der Waals surface area contributed by atoms with E-state index < -0.39 is 23.6 Å². The van der Waals surface area contributed by atoms with Gasteiger partial charge in [-0.3, -0.25) is 0 Å². The number of aryl methyl sites for hydroxylation is 1. The van der Waals surface area contributed by atoms with Crippen LogP contribution in [-0.2, 0) is 4.79 Å². The molecule has 2 N–H and O–H groups in total. The number of azo groups is 1. The molecule has 0 spiro atoms. The van der Waals surface area contributed by atoms with Crippen LogP contribution >= 0.6 is 0 Å². The van der Waals surface area contributed by atoms with Crippen LogP contribution in [0, 0.1) is 6.92 Å². The van der Waals surface area contributed by atoms with Crippen LogP contribution in [0.25, 0.3) is 0 Å². The first-order valence-corrected chi connectivity index (χ1v) is 4.94. The van der Waals surface area contributed by atoms with Crippen LogP contribution in [0.15, 0.2) is 46.0 Å². The highest BCUT2D eigenvalue weighted by atomic mass is 19.4. The first-order valence-electron chi connectivity index (χ1n) is 4.94. The number of aliphatic carboxylic acids is 1. The van der Waals surface area contributed by atoms with Crippen LogP contribution in [0.1, 0.15) is 5.56 Å². The summed E-state index contributed by atoms with van der Waals surface area (Å²) in [5, 5.41) is 23.6. The molecule has 0 heterocycles. The number of carboxylic acid groups (broad SMARTS) is 1. The number of carboxylic acids is 1. The molecular weight excluding hydrogens is 265 g/mol. The Kier molecular flexibility index (Phi) is 4.26. The average molecular weight is 274 g/mol. The molecule has 1 aromatic carbocycles. The van der Waals surface area contributed by atoms with E-state index in [1.165, 1.54) is 12.1 Å². The van der Waals surface area contributed by atoms with Gasteiger partial charge in [0.25, 0.3) is 0 Å². The lowest BCUT2D eigenvalue weighted by molar-refractivity contribution is -0.138. The summed E-state index contributed by atoms with van der Waals surface area (Å²) in [6, 6.07) is 6.15. The molecule has 1 rings (SSSR count). The van der Waals surface area contributed by atoms with E-state index in [9.17, 15) is 18.0 Å².